The molecule has 1 aliphatic heterocycles. The molecule has 0 aliphatic carbocycles. The number of fused-ring (bicyclic) bond motifs is 1. The molecule has 2 rings (SSSR count). The van der Waals surface area contributed by atoms with Gasteiger partial charge >= 0.3 is 0 Å². The molecule has 1 N–H and O–H groups in total. The Bertz CT molecular complexity index is 336. The van der Waals surface area contributed by atoms with Crippen LogP contribution in [-0.4, -0.2) is 31.6 Å². The molecule has 0 bridgehead atoms. The highest BCUT2D eigenvalue weighted by Gasteiger charge is 2.20. The topological polar surface area (TPSA) is 15.3 Å². The molecule has 0 radical (unpaired) electrons. The lowest BCUT2D eigenvalue weighted by Gasteiger charge is -2.31. The average molecular weight is 255 g/mol. The van der Waals surface area contributed by atoms with E-state index in [1.807, 2.05) is 0 Å². The van der Waals surface area contributed by atoms with E-state index in [2.05, 4.69) is 58.4 Å². The number of rotatable bonds is 1. The van der Waals surface area contributed by atoms with Crippen LogP contribution in [0.4, 0.5) is 5.69 Å². The van der Waals surface area contributed by atoms with Crippen molar-refractivity contribution in [2.24, 2.45) is 0 Å². The second-order valence-electron chi connectivity index (χ2n) is 3.98. The van der Waals surface area contributed by atoms with Gasteiger partial charge in [0.05, 0.1) is 5.69 Å². The van der Waals surface area contributed by atoms with Crippen molar-refractivity contribution < 1.29 is 0 Å². The summed E-state index contributed by atoms with van der Waals surface area (Å²) >= 11 is 3.56. The molecule has 1 unspecified atom stereocenters. The van der Waals surface area contributed by atoms with Gasteiger partial charge in [0, 0.05) is 17.1 Å². The van der Waals surface area contributed by atoms with E-state index in [1.165, 1.54) is 15.7 Å². The smallest absolute Gasteiger partial charge is 0.0518 e. The third-order valence-corrected chi connectivity index (χ3v) is 3.46. The highest BCUT2D eigenvalue weighted by atomic mass is 79.9. The minimum absolute atomic E-state index is 0.608. The molecular formula is C11H15BrN2. The summed E-state index contributed by atoms with van der Waals surface area (Å²) in [5.74, 6) is 0. The standard InChI is InChI=1S/C11H15BrN2/c1-14(2)9-6-8-4-3-5-10(12)11(8)13-7-9/h3-5,9,13H,6-7H2,1-2H3. The van der Waals surface area contributed by atoms with Gasteiger partial charge in [0.2, 0.25) is 0 Å². The van der Waals surface area contributed by atoms with Crippen LogP contribution in [0.1, 0.15) is 5.56 Å². The molecule has 1 aromatic rings. The van der Waals surface area contributed by atoms with Gasteiger partial charge in [-0.25, -0.2) is 0 Å². The summed E-state index contributed by atoms with van der Waals surface area (Å²) in [6, 6.07) is 6.99. The number of para-hydroxylation sites is 1. The van der Waals surface area contributed by atoms with Crippen molar-refractivity contribution in [3.63, 3.8) is 0 Å². The zero-order valence-corrected chi connectivity index (χ0v) is 10.1. The zero-order valence-electron chi connectivity index (χ0n) is 8.55. The third kappa shape index (κ3) is 1.79. The Hall–Kier alpha value is -0.540. The summed E-state index contributed by atoms with van der Waals surface area (Å²) in [5, 5.41) is 3.47. The highest BCUT2D eigenvalue weighted by molar-refractivity contribution is 9.10. The summed E-state index contributed by atoms with van der Waals surface area (Å²) < 4.78 is 1.17. The largest absolute Gasteiger partial charge is 0.382 e. The van der Waals surface area contributed by atoms with Crippen LogP contribution < -0.4 is 5.32 Å². The van der Waals surface area contributed by atoms with Crippen LogP contribution in [0.15, 0.2) is 22.7 Å². The second kappa shape index (κ2) is 3.91. The molecule has 0 saturated carbocycles. The number of nitrogens with zero attached hydrogens (tertiary/aromatic N) is 1. The van der Waals surface area contributed by atoms with Crippen molar-refractivity contribution in [1.82, 2.24) is 4.90 Å². The lowest BCUT2D eigenvalue weighted by Crippen LogP contribution is -2.39. The monoisotopic (exact) mass is 254 g/mol. The van der Waals surface area contributed by atoms with Gasteiger partial charge < -0.3 is 10.2 Å². The van der Waals surface area contributed by atoms with Crippen molar-refractivity contribution in [2.45, 2.75) is 12.5 Å². The molecule has 0 fully saturated rings. The van der Waals surface area contributed by atoms with Crippen molar-refractivity contribution in [3.8, 4) is 0 Å². The van der Waals surface area contributed by atoms with Crippen LogP contribution in [-0.2, 0) is 6.42 Å². The van der Waals surface area contributed by atoms with Gasteiger partial charge in [-0.3, -0.25) is 0 Å². The molecule has 14 heavy (non-hydrogen) atoms. The molecule has 1 aliphatic rings. The van der Waals surface area contributed by atoms with Crippen molar-refractivity contribution in [3.05, 3.63) is 28.2 Å². The Morgan fingerprint density at radius 3 is 2.93 bits per heavy atom. The summed E-state index contributed by atoms with van der Waals surface area (Å²) in [6.07, 6.45) is 1.13. The molecule has 1 aromatic carbocycles. The van der Waals surface area contributed by atoms with Crippen molar-refractivity contribution in [1.29, 1.82) is 0 Å². The normalized spacial score (nSPS) is 20.4. The maximum atomic E-state index is 3.56. The first kappa shape index (κ1) is 9.99. The summed E-state index contributed by atoms with van der Waals surface area (Å²) in [4.78, 5) is 2.27. The molecule has 0 amide bonds. The van der Waals surface area contributed by atoms with Crippen LogP contribution in [0.25, 0.3) is 0 Å². The van der Waals surface area contributed by atoms with Gasteiger partial charge in [-0.1, -0.05) is 12.1 Å². The molecule has 1 heterocycles. The number of halogens is 1. The fourth-order valence-electron chi connectivity index (χ4n) is 1.85. The summed E-state index contributed by atoms with van der Waals surface area (Å²) in [6.45, 7) is 1.03. The molecule has 3 heteroatoms. The Labute approximate surface area is 93.4 Å². The second-order valence-corrected chi connectivity index (χ2v) is 4.83. The van der Waals surface area contributed by atoms with E-state index in [4.69, 9.17) is 0 Å². The Morgan fingerprint density at radius 1 is 1.43 bits per heavy atom. The van der Waals surface area contributed by atoms with Gasteiger partial charge in [-0.05, 0) is 48.1 Å². The fourth-order valence-corrected chi connectivity index (χ4v) is 2.40. The molecule has 0 saturated heterocycles. The van der Waals surface area contributed by atoms with Crippen molar-refractivity contribution >= 4 is 21.6 Å². The molecule has 1 atom stereocenters. The van der Waals surface area contributed by atoms with Crippen LogP contribution >= 0.6 is 15.9 Å². The predicted molar refractivity (Wildman–Crippen MR) is 63.8 cm³/mol. The first-order valence-electron chi connectivity index (χ1n) is 4.86. The van der Waals surface area contributed by atoms with E-state index in [9.17, 15) is 0 Å². The number of likely N-dealkylation sites (N-methyl/N-ethyl adjacent to an activating group) is 1. The lowest BCUT2D eigenvalue weighted by molar-refractivity contribution is 0.299. The third-order valence-electron chi connectivity index (χ3n) is 2.80. The van der Waals surface area contributed by atoms with Gasteiger partial charge in [-0.2, -0.15) is 0 Å². The van der Waals surface area contributed by atoms with Crippen LogP contribution in [0.2, 0.25) is 0 Å². The number of benzene rings is 1. The minimum Gasteiger partial charge on any atom is -0.382 e. The Kier molecular flexibility index (Phi) is 2.79. The first-order chi connectivity index (χ1) is 6.68. The van der Waals surface area contributed by atoms with E-state index in [0.717, 1.165) is 13.0 Å². The number of hydrogen-bond donors (Lipinski definition) is 1. The highest BCUT2D eigenvalue weighted by Crippen LogP contribution is 2.30. The number of anilines is 1. The van der Waals surface area contributed by atoms with Crippen LogP contribution in [0, 0.1) is 0 Å². The maximum absolute atomic E-state index is 3.56. The maximum Gasteiger partial charge on any atom is 0.0518 e. The van der Waals surface area contributed by atoms with E-state index in [1.54, 1.807) is 0 Å². The molecule has 2 nitrogen and oxygen atoms in total. The molecule has 0 spiro atoms. The van der Waals surface area contributed by atoms with Crippen LogP contribution in [0.3, 0.4) is 0 Å². The first-order valence-corrected chi connectivity index (χ1v) is 5.65. The number of nitrogens with one attached hydrogen (secondary N) is 1. The Morgan fingerprint density at radius 2 is 2.21 bits per heavy atom. The lowest BCUT2D eigenvalue weighted by atomic mass is 9.99. The SMILES string of the molecule is CN(C)C1CNc2c(Br)cccc2C1. The van der Waals surface area contributed by atoms with E-state index < -0.39 is 0 Å². The average Bonchev–Trinajstić information content (AvgIpc) is 2.17. The number of hydrogen-bond acceptors (Lipinski definition) is 2. The van der Waals surface area contributed by atoms with Gasteiger partial charge in [0.25, 0.3) is 0 Å². The summed E-state index contributed by atoms with van der Waals surface area (Å²) in [5.41, 5.74) is 2.68. The van der Waals surface area contributed by atoms with Crippen LogP contribution in [0.5, 0.6) is 0 Å². The van der Waals surface area contributed by atoms with E-state index in [0.29, 0.717) is 6.04 Å². The predicted octanol–water partition coefficient (Wildman–Crippen LogP) is 2.35. The fraction of sp³-hybridized carbons (Fsp3) is 0.455. The quantitative estimate of drug-likeness (QED) is 0.828. The summed E-state index contributed by atoms with van der Waals surface area (Å²) in [7, 11) is 4.27. The van der Waals surface area contributed by atoms with Gasteiger partial charge in [0.15, 0.2) is 0 Å². The van der Waals surface area contributed by atoms with Gasteiger partial charge in [0.1, 0.15) is 0 Å². The van der Waals surface area contributed by atoms with E-state index >= 15 is 0 Å². The van der Waals surface area contributed by atoms with E-state index in [-0.39, 0.29) is 0 Å². The molecule has 76 valence electrons. The van der Waals surface area contributed by atoms with Gasteiger partial charge in [-0.15, -0.1) is 0 Å². The minimum atomic E-state index is 0.608. The molecular weight excluding hydrogens is 240 g/mol. The zero-order chi connectivity index (χ0) is 10.1. The molecule has 0 aromatic heterocycles. The Balaban J connectivity index is 2.27. The van der Waals surface area contributed by atoms with Crippen molar-refractivity contribution in [2.75, 3.05) is 26.0 Å².